The van der Waals surface area contributed by atoms with Crippen LogP contribution in [0.2, 0.25) is 5.02 Å². The van der Waals surface area contributed by atoms with Crippen molar-refractivity contribution < 1.29 is 22.8 Å². The van der Waals surface area contributed by atoms with E-state index in [-0.39, 0.29) is 11.5 Å². The van der Waals surface area contributed by atoms with Crippen LogP contribution in [-0.2, 0) is 6.18 Å². The molecule has 2 aromatic heterocycles. The Labute approximate surface area is 213 Å². The van der Waals surface area contributed by atoms with Crippen LogP contribution in [0.3, 0.4) is 0 Å². The minimum Gasteiger partial charge on any atom is -0.338 e. The molecule has 0 unspecified atom stereocenters. The van der Waals surface area contributed by atoms with Crippen LogP contribution in [0.15, 0.2) is 48.8 Å². The van der Waals surface area contributed by atoms with Crippen LogP contribution in [0.4, 0.5) is 40.0 Å². The second-order valence-electron chi connectivity index (χ2n) is 7.75. The summed E-state index contributed by atoms with van der Waals surface area (Å²) in [5.41, 5.74) is 1.33. The van der Waals surface area contributed by atoms with E-state index >= 15 is 0 Å². The summed E-state index contributed by atoms with van der Waals surface area (Å²) in [7, 11) is 0. The number of amides is 4. The molecule has 4 aromatic rings. The number of carbonyl (C=O) groups is 2. The van der Waals surface area contributed by atoms with Gasteiger partial charge in [0.1, 0.15) is 23.1 Å². The maximum Gasteiger partial charge on any atom is 0.417 e. The van der Waals surface area contributed by atoms with E-state index in [9.17, 15) is 22.8 Å². The molecule has 0 spiro atoms. The minimum absolute atomic E-state index is 0.0682. The van der Waals surface area contributed by atoms with Crippen molar-refractivity contribution in [1.29, 1.82) is 0 Å². The molecule has 0 aliphatic heterocycles. The number of hydrogen-bond acceptors (Lipinski definition) is 5. The van der Waals surface area contributed by atoms with E-state index in [1.165, 1.54) is 12.4 Å². The fraction of sp³-hybridized carbons (Fsp3) is 0.174. The molecule has 0 fully saturated rings. The van der Waals surface area contributed by atoms with Crippen LogP contribution >= 0.6 is 11.6 Å². The Hall–Kier alpha value is -4.39. The average Bonchev–Trinajstić information content (AvgIpc) is 3.29. The van der Waals surface area contributed by atoms with Gasteiger partial charge in [-0.1, -0.05) is 30.7 Å². The quantitative estimate of drug-likeness (QED) is 0.211. The lowest BCUT2D eigenvalue weighted by Gasteiger charge is -2.12. The molecule has 0 aliphatic carbocycles. The van der Waals surface area contributed by atoms with Gasteiger partial charge in [0, 0.05) is 23.5 Å². The molecule has 2 heterocycles. The zero-order chi connectivity index (χ0) is 26.6. The third kappa shape index (κ3) is 6.06. The van der Waals surface area contributed by atoms with Crippen LogP contribution in [0.1, 0.15) is 18.9 Å². The first-order valence-corrected chi connectivity index (χ1v) is 11.3. The van der Waals surface area contributed by atoms with E-state index in [0.717, 1.165) is 18.6 Å². The predicted molar refractivity (Wildman–Crippen MR) is 134 cm³/mol. The van der Waals surface area contributed by atoms with Crippen LogP contribution in [0.5, 0.6) is 0 Å². The molecular formula is C23H20ClF3N8O2. The molecular weight excluding hydrogens is 513 g/mol. The van der Waals surface area contributed by atoms with Gasteiger partial charge in [0.2, 0.25) is 0 Å². The number of alkyl halides is 3. The van der Waals surface area contributed by atoms with E-state index < -0.39 is 28.8 Å². The highest BCUT2D eigenvalue weighted by Gasteiger charge is 2.33. The monoisotopic (exact) mass is 532 g/mol. The number of aromatic amines is 1. The molecule has 0 bridgehead atoms. The van der Waals surface area contributed by atoms with Gasteiger partial charge in [-0.05, 0) is 36.8 Å². The summed E-state index contributed by atoms with van der Waals surface area (Å²) in [5, 5.41) is 16.9. The molecule has 37 heavy (non-hydrogen) atoms. The number of rotatable bonds is 6. The number of nitrogens with one attached hydrogen (secondary N) is 5. The van der Waals surface area contributed by atoms with Crippen molar-refractivity contribution in [3.05, 3.63) is 59.4 Å². The lowest BCUT2D eigenvalue weighted by molar-refractivity contribution is -0.137. The third-order valence-corrected chi connectivity index (χ3v) is 5.39. The summed E-state index contributed by atoms with van der Waals surface area (Å²) in [5.74, 6) is 0.267. The number of fused-ring (bicyclic) bond motifs is 1. The highest BCUT2D eigenvalue weighted by atomic mass is 35.5. The van der Waals surface area contributed by atoms with Crippen LogP contribution in [0.25, 0.3) is 22.3 Å². The number of H-pyrrole nitrogens is 1. The van der Waals surface area contributed by atoms with E-state index in [0.29, 0.717) is 34.5 Å². The number of benzene rings is 2. The Kier molecular flexibility index (Phi) is 7.43. The highest BCUT2D eigenvalue weighted by molar-refractivity contribution is 6.31. The zero-order valence-electron chi connectivity index (χ0n) is 19.2. The van der Waals surface area contributed by atoms with Gasteiger partial charge in [0.05, 0.1) is 10.6 Å². The number of carbonyl (C=O) groups excluding carboxylic acids is 2. The van der Waals surface area contributed by atoms with Gasteiger partial charge < -0.3 is 16.0 Å². The first kappa shape index (κ1) is 25.7. The van der Waals surface area contributed by atoms with Crippen molar-refractivity contribution in [2.75, 3.05) is 22.5 Å². The molecule has 0 radical (unpaired) electrons. The normalized spacial score (nSPS) is 11.3. The van der Waals surface area contributed by atoms with Gasteiger partial charge in [-0.3, -0.25) is 10.4 Å². The fourth-order valence-corrected chi connectivity index (χ4v) is 3.57. The number of nitrogens with zero attached hydrogens (tertiary/aromatic N) is 3. The molecule has 10 nitrogen and oxygen atoms in total. The first-order valence-electron chi connectivity index (χ1n) is 10.9. The lowest BCUT2D eigenvalue weighted by atomic mass is 10.1. The maximum atomic E-state index is 13.0. The van der Waals surface area contributed by atoms with Gasteiger partial charge in [-0.2, -0.15) is 18.3 Å². The van der Waals surface area contributed by atoms with Crippen molar-refractivity contribution >= 4 is 51.9 Å². The predicted octanol–water partition coefficient (Wildman–Crippen LogP) is 5.87. The second-order valence-corrected chi connectivity index (χ2v) is 8.16. The summed E-state index contributed by atoms with van der Waals surface area (Å²) in [6.45, 7) is 2.45. The number of urea groups is 2. The zero-order valence-corrected chi connectivity index (χ0v) is 20.0. The molecule has 192 valence electrons. The summed E-state index contributed by atoms with van der Waals surface area (Å²) in [6.07, 6.45) is -2.56. The SMILES string of the molecule is CCCNC(=O)Nc1ncnc2c(-c3ccc(NC(=O)Nc4ccc(Cl)c(C(F)(F)F)c4)cc3)n[nH]c12. The van der Waals surface area contributed by atoms with Crippen molar-refractivity contribution in [3.63, 3.8) is 0 Å². The second kappa shape index (κ2) is 10.7. The van der Waals surface area contributed by atoms with Gasteiger partial charge in [0.15, 0.2) is 5.82 Å². The molecule has 0 saturated heterocycles. The topological polar surface area (TPSA) is 137 Å². The molecule has 0 aliphatic rings. The van der Waals surface area contributed by atoms with E-state index in [1.807, 2.05) is 6.92 Å². The standard InChI is InChI=1S/C23H20ClF3N8O2/c1-2-9-28-21(36)33-20-19-18(29-11-30-20)17(34-35-19)12-3-5-13(6-4-12)31-22(37)32-14-7-8-16(24)15(10-14)23(25,26)27/h3-8,10-11H,2,9H2,1H3,(H,34,35)(H2,31,32,37)(H2,28,29,30,33,36). The van der Waals surface area contributed by atoms with E-state index in [4.69, 9.17) is 11.6 Å². The fourth-order valence-electron chi connectivity index (χ4n) is 3.35. The highest BCUT2D eigenvalue weighted by Crippen LogP contribution is 2.36. The molecule has 5 N–H and O–H groups in total. The van der Waals surface area contributed by atoms with Crippen molar-refractivity contribution in [2.45, 2.75) is 19.5 Å². The van der Waals surface area contributed by atoms with E-state index in [2.05, 4.69) is 41.4 Å². The Morgan fingerprint density at radius 3 is 2.38 bits per heavy atom. The minimum atomic E-state index is -4.65. The number of anilines is 3. The molecule has 2 aromatic carbocycles. The smallest absolute Gasteiger partial charge is 0.338 e. The lowest BCUT2D eigenvalue weighted by Crippen LogP contribution is -2.29. The number of hydrogen-bond donors (Lipinski definition) is 5. The van der Waals surface area contributed by atoms with E-state index in [1.54, 1.807) is 24.3 Å². The summed E-state index contributed by atoms with van der Waals surface area (Å²) < 4.78 is 39.1. The third-order valence-electron chi connectivity index (χ3n) is 5.06. The summed E-state index contributed by atoms with van der Waals surface area (Å²) in [6, 6.07) is 8.49. The van der Waals surface area contributed by atoms with Gasteiger partial charge in [-0.25, -0.2) is 19.6 Å². The van der Waals surface area contributed by atoms with Crippen molar-refractivity contribution in [2.24, 2.45) is 0 Å². The van der Waals surface area contributed by atoms with Crippen LogP contribution < -0.4 is 21.3 Å². The average molecular weight is 533 g/mol. The molecule has 0 atom stereocenters. The summed E-state index contributed by atoms with van der Waals surface area (Å²) in [4.78, 5) is 32.6. The maximum absolute atomic E-state index is 13.0. The number of aromatic nitrogens is 4. The largest absolute Gasteiger partial charge is 0.417 e. The van der Waals surface area contributed by atoms with Gasteiger partial charge in [0.25, 0.3) is 0 Å². The molecule has 14 heteroatoms. The Morgan fingerprint density at radius 1 is 0.973 bits per heavy atom. The Balaban J connectivity index is 1.46. The molecule has 4 rings (SSSR count). The molecule has 4 amide bonds. The Bertz CT molecular complexity index is 1440. The Morgan fingerprint density at radius 2 is 1.68 bits per heavy atom. The molecule has 0 saturated carbocycles. The van der Waals surface area contributed by atoms with Crippen molar-refractivity contribution in [3.8, 4) is 11.3 Å². The van der Waals surface area contributed by atoms with Gasteiger partial charge >= 0.3 is 18.2 Å². The first-order chi connectivity index (χ1) is 17.7. The summed E-state index contributed by atoms with van der Waals surface area (Å²) >= 11 is 5.60. The van der Waals surface area contributed by atoms with Gasteiger partial charge in [-0.15, -0.1) is 0 Å². The number of halogens is 4. The van der Waals surface area contributed by atoms with Crippen LogP contribution in [-0.4, -0.2) is 38.8 Å². The van der Waals surface area contributed by atoms with Crippen LogP contribution in [0, 0.1) is 0 Å². The van der Waals surface area contributed by atoms with Crippen molar-refractivity contribution in [1.82, 2.24) is 25.5 Å².